The maximum Gasteiger partial charge on any atom is 0.270 e. The van der Waals surface area contributed by atoms with Gasteiger partial charge in [0, 0.05) is 24.2 Å². The van der Waals surface area contributed by atoms with Gasteiger partial charge < -0.3 is 10.2 Å². The lowest BCUT2D eigenvalue weighted by Gasteiger charge is -2.28. The molecule has 1 N–H and O–H groups in total. The molecule has 1 amide bonds. The van der Waals surface area contributed by atoms with E-state index in [0.29, 0.717) is 11.6 Å². The Labute approximate surface area is 120 Å². The molecule has 1 fully saturated rings. The number of piperidine rings is 1. The molecule has 5 nitrogen and oxygen atoms in total. The molecule has 1 aliphatic rings. The molecule has 110 valence electrons. The fourth-order valence-corrected chi connectivity index (χ4v) is 2.60. The van der Waals surface area contributed by atoms with Gasteiger partial charge in [0.25, 0.3) is 5.91 Å². The smallest absolute Gasteiger partial charge is 0.270 e. The van der Waals surface area contributed by atoms with Crippen LogP contribution in [0.15, 0.2) is 6.07 Å². The Bertz CT molecular complexity index is 487. The summed E-state index contributed by atoms with van der Waals surface area (Å²) >= 11 is 0. The van der Waals surface area contributed by atoms with Crippen LogP contribution in [-0.4, -0.2) is 47.0 Å². The number of carbonyl (C=O) groups excluding carboxylic acids is 1. The van der Waals surface area contributed by atoms with E-state index in [2.05, 4.69) is 27.2 Å². The van der Waals surface area contributed by atoms with Crippen molar-refractivity contribution >= 4 is 5.91 Å². The molecule has 0 bridgehead atoms. The number of rotatable bonds is 3. The summed E-state index contributed by atoms with van der Waals surface area (Å²) in [4.78, 5) is 23.4. The van der Waals surface area contributed by atoms with E-state index in [1.165, 1.54) is 0 Å². The van der Waals surface area contributed by atoms with E-state index in [1.54, 1.807) is 6.07 Å². The Kier molecular flexibility index (Phi) is 4.70. The summed E-state index contributed by atoms with van der Waals surface area (Å²) in [6.07, 6.45) is 2.25. The number of nitrogens with zero attached hydrogens (tertiary/aromatic N) is 3. The maximum absolute atomic E-state index is 12.1. The van der Waals surface area contributed by atoms with Crippen LogP contribution in [0.5, 0.6) is 0 Å². The minimum Gasteiger partial charge on any atom is -0.349 e. The van der Waals surface area contributed by atoms with Crippen LogP contribution >= 0.6 is 0 Å². The molecule has 0 radical (unpaired) electrons. The van der Waals surface area contributed by atoms with Crippen molar-refractivity contribution in [2.45, 2.75) is 45.6 Å². The van der Waals surface area contributed by atoms with Crippen molar-refractivity contribution in [1.29, 1.82) is 0 Å². The van der Waals surface area contributed by atoms with Crippen LogP contribution in [-0.2, 0) is 0 Å². The molecular formula is C15H24N4O. The van der Waals surface area contributed by atoms with E-state index in [0.717, 1.165) is 37.4 Å². The highest BCUT2D eigenvalue weighted by Crippen LogP contribution is 2.23. The number of aromatic nitrogens is 2. The first kappa shape index (κ1) is 14.9. The van der Waals surface area contributed by atoms with E-state index in [-0.39, 0.29) is 11.9 Å². The third kappa shape index (κ3) is 3.76. The van der Waals surface area contributed by atoms with Crippen molar-refractivity contribution in [1.82, 2.24) is 20.2 Å². The second-order valence-corrected chi connectivity index (χ2v) is 5.98. The third-order valence-corrected chi connectivity index (χ3v) is 3.51. The number of hydrogen-bond donors (Lipinski definition) is 1. The summed E-state index contributed by atoms with van der Waals surface area (Å²) < 4.78 is 0. The largest absolute Gasteiger partial charge is 0.349 e. The molecule has 1 atom stereocenters. The summed E-state index contributed by atoms with van der Waals surface area (Å²) in [5.41, 5.74) is 1.34. The van der Waals surface area contributed by atoms with E-state index in [1.807, 2.05) is 20.8 Å². The second kappa shape index (κ2) is 6.31. The summed E-state index contributed by atoms with van der Waals surface area (Å²) in [7, 11) is 2.12. The molecule has 5 heteroatoms. The van der Waals surface area contributed by atoms with Gasteiger partial charge in [-0.3, -0.25) is 4.79 Å². The lowest BCUT2D eigenvalue weighted by molar-refractivity contribution is 0.0937. The second-order valence-electron chi connectivity index (χ2n) is 5.98. The Balaban J connectivity index is 2.21. The zero-order chi connectivity index (χ0) is 14.7. The number of likely N-dealkylation sites (tertiary alicyclic amines) is 1. The molecule has 0 unspecified atom stereocenters. The Morgan fingerprint density at radius 3 is 2.85 bits per heavy atom. The van der Waals surface area contributed by atoms with Crippen LogP contribution in [0, 0.1) is 6.92 Å². The molecule has 0 saturated carbocycles. The molecule has 0 spiro atoms. The average molecular weight is 276 g/mol. The zero-order valence-electron chi connectivity index (χ0n) is 12.8. The Hall–Kier alpha value is -1.49. The van der Waals surface area contributed by atoms with E-state index >= 15 is 0 Å². The summed E-state index contributed by atoms with van der Waals surface area (Å²) in [6.45, 7) is 7.91. The Morgan fingerprint density at radius 2 is 2.20 bits per heavy atom. The summed E-state index contributed by atoms with van der Waals surface area (Å²) in [5, 5.41) is 2.89. The number of carbonyl (C=O) groups is 1. The zero-order valence-corrected chi connectivity index (χ0v) is 12.8. The Morgan fingerprint density at radius 1 is 1.45 bits per heavy atom. The number of likely N-dealkylation sites (N-methyl/N-ethyl adjacent to an activating group) is 1. The number of amides is 1. The first-order valence-corrected chi connectivity index (χ1v) is 7.30. The van der Waals surface area contributed by atoms with Gasteiger partial charge in [-0.25, -0.2) is 9.97 Å². The highest BCUT2D eigenvalue weighted by molar-refractivity contribution is 5.92. The molecule has 0 aromatic carbocycles. The third-order valence-electron chi connectivity index (χ3n) is 3.51. The maximum atomic E-state index is 12.1. The highest BCUT2D eigenvalue weighted by Gasteiger charge is 2.23. The van der Waals surface area contributed by atoms with Gasteiger partial charge in [0.15, 0.2) is 0 Å². The first-order chi connectivity index (χ1) is 9.45. The average Bonchev–Trinajstić information content (AvgIpc) is 2.37. The minimum atomic E-state index is -0.115. The van der Waals surface area contributed by atoms with Gasteiger partial charge >= 0.3 is 0 Å². The normalized spacial score (nSPS) is 20.1. The topological polar surface area (TPSA) is 58.1 Å². The molecule has 20 heavy (non-hydrogen) atoms. The van der Waals surface area contributed by atoms with Crippen molar-refractivity contribution in [2.24, 2.45) is 0 Å². The van der Waals surface area contributed by atoms with Crippen LogP contribution in [0.4, 0.5) is 0 Å². The first-order valence-electron chi connectivity index (χ1n) is 7.30. The van der Waals surface area contributed by atoms with Crippen molar-refractivity contribution < 1.29 is 4.79 Å². The molecule has 2 rings (SSSR count). The van der Waals surface area contributed by atoms with E-state index < -0.39 is 0 Å². The lowest BCUT2D eigenvalue weighted by atomic mass is 9.97. The SMILES string of the molecule is Cc1cc(C(=O)NC(C)C)nc([C@@H]2CCCN(C)C2)n1. The predicted octanol–water partition coefficient (Wildman–Crippen LogP) is 1.73. The highest BCUT2D eigenvalue weighted by atomic mass is 16.1. The van der Waals surface area contributed by atoms with Crippen LogP contribution in [0.2, 0.25) is 0 Å². The van der Waals surface area contributed by atoms with Gasteiger partial charge in [-0.1, -0.05) is 0 Å². The van der Waals surface area contributed by atoms with Crippen molar-refractivity contribution in [3.05, 3.63) is 23.3 Å². The van der Waals surface area contributed by atoms with Gasteiger partial charge in [0.1, 0.15) is 11.5 Å². The predicted molar refractivity (Wildman–Crippen MR) is 78.8 cm³/mol. The number of aryl methyl sites for hydroxylation is 1. The molecule has 1 aromatic rings. The van der Waals surface area contributed by atoms with Crippen LogP contribution < -0.4 is 5.32 Å². The summed E-state index contributed by atoms with van der Waals surface area (Å²) in [6, 6.07) is 1.87. The minimum absolute atomic E-state index is 0.113. The quantitative estimate of drug-likeness (QED) is 0.913. The molecular weight excluding hydrogens is 252 g/mol. The van der Waals surface area contributed by atoms with Gasteiger partial charge in [-0.15, -0.1) is 0 Å². The van der Waals surface area contributed by atoms with Crippen molar-refractivity contribution in [3.8, 4) is 0 Å². The van der Waals surface area contributed by atoms with Crippen LogP contribution in [0.1, 0.15) is 54.6 Å². The molecule has 1 saturated heterocycles. The fraction of sp³-hybridized carbons (Fsp3) is 0.667. The van der Waals surface area contributed by atoms with Crippen LogP contribution in [0.25, 0.3) is 0 Å². The lowest BCUT2D eigenvalue weighted by Crippen LogP contribution is -2.33. The summed E-state index contributed by atoms with van der Waals surface area (Å²) in [5.74, 6) is 1.03. The van der Waals surface area contributed by atoms with Crippen molar-refractivity contribution in [3.63, 3.8) is 0 Å². The van der Waals surface area contributed by atoms with Gasteiger partial charge in [-0.2, -0.15) is 0 Å². The van der Waals surface area contributed by atoms with Gasteiger partial charge in [0.05, 0.1) is 0 Å². The molecule has 1 aliphatic heterocycles. The number of nitrogens with one attached hydrogen (secondary N) is 1. The molecule has 2 heterocycles. The number of hydrogen-bond acceptors (Lipinski definition) is 4. The monoisotopic (exact) mass is 276 g/mol. The standard InChI is InChI=1S/C15H24N4O/c1-10(2)16-15(20)13-8-11(3)17-14(18-13)12-6-5-7-19(4)9-12/h8,10,12H,5-7,9H2,1-4H3,(H,16,20)/t12-/m1/s1. The van der Waals surface area contributed by atoms with Crippen molar-refractivity contribution in [2.75, 3.05) is 20.1 Å². The van der Waals surface area contributed by atoms with E-state index in [9.17, 15) is 4.79 Å². The van der Waals surface area contributed by atoms with Gasteiger partial charge in [0.2, 0.25) is 0 Å². The van der Waals surface area contributed by atoms with Crippen LogP contribution in [0.3, 0.4) is 0 Å². The molecule has 0 aliphatic carbocycles. The van der Waals surface area contributed by atoms with E-state index in [4.69, 9.17) is 0 Å². The fourth-order valence-electron chi connectivity index (χ4n) is 2.60. The molecule has 1 aromatic heterocycles. The van der Waals surface area contributed by atoms with Gasteiger partial charge in [-0.05, 0) is 53.3 Å².